The van der Waals surface area contributed by atoms with E-state index in [0.29, 0.717) is 5.75 Å². The summed E-state index contributed by atoms with van der Waals surface area (Å²) < 4.78 is 7.96. The molecule has 1 heterocycles. The van der Waals surface area contributed by atoms with E-state index in [9.17, 15) is 4.79 Å². The molecule has 3 aromatic carbocycles. The molecule has 1 aromatic heterocycles. The molecule has 3 nitrogen and oxygen atoms in total. The Morgan fingerprint density at radius 2 is 1.22 bits per heavy atom. The van der Waals surface area contributed by atoms with Gasteiger partial charge in [0.25, 0.3) is 5.56 Å². The molecule has 0 spiro atoms. The van der Waals surface area contributed by atoms with E-state index in [0.717, 1.165) is 28.1 Å². The standard InChI is InChI=1S/C24H19NO2/c1-25-22(26)17-21(18-11-5-2-6-12-18)24(27-20-15-9-4-10-16-20)23(25)19-13-7-3-8-14-19/h2-17H,1H3. The van der Waals surface area contributed by atoms with E-state index in [4.69, 9.17) is 4.74 Å². The number of ether oxygens (including phenoxy) is 1. The number of pyridine rings is 1. The molecule has 3 heteroatoms. The van der Waals surface area contributed by atoms with Crippen molar-refractivity contribution in [3.05, 3.63) is 107 Å². The second kappa shape index (κ2) is 7.34. The van der Waals surface area contributed by atoms with Crippen LogP contribution in [-0.4, -0.2) is 4.57 Å². The number of hydrogen-bond acceptors (Lipinski definition) is 2. The number of rotatable bonds is 4. The third kappa shape index (κ3) is 3.40. The Labute approximate surface area is 158 Å². The summed E-state index contributed by atoms with van der Waals surface area (Å²) in [6, 6.07) is 31.0. The van der Waals surface area contributed by atoms with Crippen LogP contribution in [0, 0.1) is 0 Å². The highest BCUT2D eigenvalue weighted by molar-refractivity contribution is 5.80. The minimum atomic E-state index is -0.0758. The second-order valence-electron chi connectivity index (χ2n) is 6.28. The number of para-hydroxylation sites is 1. The van der Waals surface area contributed by atoms with Crippen LogP contribution < -0.4 is 10.3 Å². The van der Waals surface area contributed by atoms with Crippen molar-refractivity contribution in [3.63, 3.8) is 0 Å². The van der Waals surface area contributed by atoms with Gasteiger partial charge in [0.05, 0.1) is 5.69 Å². The first-order chi connectivity index (χ1) is 13.2. The van der Waals surface area contributed by atoms with E-state index in [1.165, 1.54) is 0 Å². The fourth-order valence-corrected chi connectivity index (χ4v) is 3.14. The normalized spacial score (nSPS) is 10.6. The van der Waals surface area contributed by atoms with Crippen molar-refractivity contribution in [1.82, 2.24) is 4.57 Å². The van der Waals surface area contributed by atoms with E-state index >= 15 is 0 Å². The Morgan fingerprint density at radius 1 is 0.704 bits per heavy atom. The van der Waals surface area contributed by atoms with Gasteiger partial charge in [0.2, 0.25) is 0 Å². The highest BCUT2D eigenvalue weighted by Gasteiger charge is 2.19. The SMILES string of the molecule is Cn1c(-c2ccccc2)c(Oc2ccccc2)c(-c2ccccc2)cc1=O. The quantitative estimate of drug-likeness (QED) is 0.484. The summed E-state index contributed by atoms with van der Waals surface area (Å²) in [5.41, 5.74) is 3.33. The number of hydrogen-bond donors (Lipinski definition) is 0. The van der Waals surface area contributed by atoms with E-state index in [1.54, 1.807) is 17.7 Å². The van der Waals surface area contributed by atoms with Crippen LogP contribution in [0.15, 0.2) is 102 Å². The molecule has 0 aliphatic carbocycles. The van der Waals surface area contributed by atoms with Crippen molar-refractivity contribution in [2.75, 3.05) is 0 Å². The summed E-state index contributed by atoms with van der Waals surface area (Å²) in [4.78, 5) is 12.7. The minimum Gasteiger partial charge on any atom is -0.454 e. The van der Waals surface area contributed by atoms with Crippen LogP contribution in [0.2, 0.25) is 0 Å². The lowest BCUT2D eigenvalue weighted by Gasteiger charge is -2.19. The highest BCUT2D eigenvalue weighted by Crippen LogP contribution is 2.40. The predicted molar refractivity (Wildman–Crippen MR) is 109 cm³/mol. The summed E-state index contributed by atoms with van der Waals surface area (Å²) in [7, 11) is 1.78. The molecule has 0 N–H and O–H groups in total. The summed E-state index contributed by atoms with van der Waals surface area (Å²) in [6.45, 7) is 0. The average molecular weight is 353 g/mol. The van der Waals surface area contributed by atoms with Gasteiger partial charge in [-0.25, -0.2) is 0 Å². The van der Waals surface area contributed by atoms with Gasteiger partial charge < -0.3 is 9.30 Å². The van der Waals surface area contributed by atoms with E-state index in [-0.39, 0.29) is 5.56 Å². The molecule has 0 bridgehead atoms. The fraction of sp³-hybridized carbons (Fsp3) is 0.0417. The highest BCUT2D eigenvalue weighted by atomic mass is 16.5. The van der Waals surface area contributed by atoms with Crippen molar-refractivity contribution in [3.8, 4) is 33.9 Å². The second-order valence-corrected chi connectivity index (χ2v) is 6.28. The van der Waals surface area contributed by atoms with Gasteiger partial charge in [0.1, 0.15) is 5.75 Å². The third-order valence-corrected chi connectivity index (χ3v) is 4.49. The van der Waals surface area contributed by atoms with Crippen LogP contribution in [0.1, 0.15) is 0 Å². The van der Waals surface area contributed by atoms with Crippen LogP contribution in [0.25, 0.3) is 22.4 Å². The maximum atomic E-state index is 12.7. The lowest BCUT2D eigenvalue weighted by atomic mass is 10.0. The summed E-state index contributed by atoms with van der Waals surface area (Å²) in [5.74, 6) is 1.39. The molecule has 4 rings (SSSR count). The molecule has 0 fully saturated rings. The molecule has 0 saturated carbocycles. The van der Waals surface area contributed by atoms with Gasteiger partial charge in [0.15, 0.2) is 5.75 Å². The van der Waals surface area contributed by atoms with Crippen LogP contribution in [-0.2, 0) is 7.05 Å². The summed E-state index contributed by atoms with van der Waals surface area (Å²) in [6.07, 6.45) is 0. The van der Waals surface area contributed by atoms with Crippen molar-refractivity contribution < 1.29 is 4.74 Å². The van der Waals surface area contributed by atoms with Gasteiger partial charge in [-0.15, -0.1) is 0 Å². The average Bonchev–Trinajstić information content (AvgIpc) is 2.73. The van der Waals surface area contributed by atoms with E-state index < -0.39 is 0 Å². The van der Waals surface area contributed by atoms with Gasteiger partial charge in [0, 0.05) is 24.2 Å². The lowest BCUT2D eigenvalue weighted by molar-refractivity contribution is 0.480. The van der Waals surface area contributed by atoms with Gasteiger partial charge in [-0.2, -0.15) is 0 Å². The number of nitrogens with zero attached hydrogens (tertiary/aromatic N) is 1. The first-order valence-electron chi connectivity index (χ1n) is 8.82. The molecular weight excluding hydrogens is 334 g/mol. The molecule has 0 saturated heterocycles. The molecule has 0 unspecified atom stereocenters. The van der Waals surface area contributed by atoms with Crippen molar-refractivity contribution in [1.29, 1.82) is 0 Å². The molecule has 0 radical (unpaired) electrons. The van der Waals surface area contributed by atoms with Crippen LogP contribution in [0.3, 0.4) is 0 Å². The van der Waals surface area contributed by atoms with Gasteiger partial charge >= 0.3 is 0 Å². The Balaban J connectivity index is 2.02. The Morgan fingerprint density at radius 3 is 1.81 bits per heavy atom. The number of benzene rings is 3. The smallest absolute Gasteiger partial charge is 0.251 e. The van der Waals surface area contributed by atoms with Gasteiger partial charge in [-0.05, 0) is 17.7 Å². The van der Waals surface area contributed by atoms with E-state index in [1.807, 2.05) is 91.0 Å². The molecule has 132 valence electrons. The summed E-state index contributed by atoms with van der Waals surface area (Å²) >= 11 is 0. The molecule has 0 aliphatic heterocycles. The van der Waals surface area contributed by atoms with Gasteiger partial charge in [-0.1, -0.05) is 78.9 Å². The zero-order chi connectivity index (χ0) is 18.6. The molecule has 0 atom stereocenters. The first-order valence-corrected chi connectivity index (χ1v) is 8.82. The first kappa shape index (κ1) is 16.9. The Hall–Kier alpha value is -3.59. The topological polar surface area (TPSA) is 31.2 Å². The third-order valence-electron chi connectivity index (χ3n) is 4.49. The zero-order valence-electron chi connectivity index (χ0n) is 15.0. The van der Waals surface area contributed by atoms with Crippen molar-refractivity contribution >= 4 is 0 Å². The molecule has 27 heavy (non-hydrogen) atoms. The monoisotopic (exact) mass is 353 g/mol. The van der Waals surface area contributed by atoms with Crippen LogP contribution in [0.5, 0.6) is 11.5 Å². The maximum absolute atomic E-state index is 12.7. The number of aromatic nitrogens is 1. The molecule has 0 amide bonds. The van der Waals surface area contributed by atoms with E-state index in [2.05, 4.69) is 0 Å². The van der Waals surface area contributed by atoms with Crippen molar-refractivity contribution in [2.24, 2.45) is 7.05 Å². The predicted octanol–water partition coefficient (Wildman–Crippen LogP) is 5.51. The van der Waals surface area contributed by atoms with Gasteiger partial charge in [-0.3, -0.25) is 4.79 Å². The maximum Gasteiger partial charge on any atom is 0.251 e. The zero-order valence-corrected chi connectivity index (χ0v) is 15.0. The molecule has 4 aromatic rings. The molecule has 0 aliphatic rings. The Bertz CT molecular complexity index is 1100. The molecular formula is C24H19NO2. The largest absolute Gasteiger partial charge is 0.454 e. The Kier molecular flexibility index (Phi) is 4.58. The lowest BCUT2D eigenvalue weighted by Crippen LogP contribution is -2.19. The van der Waals surface area contributed by atoms with Crippen LogP contribution >= 0.6 is 0 Å². The fourth-order valence-electron chi connectivity index (χ4n) is 3.14. The van der Waals surface area contributed by atoms with Crippen LogP contribution in [0.4, 0.5) is 0 Å². The van der Waals surface area contributed by atoms with Crippen molar-refractivity contribution in [2.45, 2.75) is 0 Å². The summed E-state index contributed by atoms with van der Waals surface area (Å²) in [5, 5.41) is 0. The minimum absolute atomic E-state index is 0.0758.